The van der Waals surface area contributed by atoms with Crippen LogP contribution >= 0.6 is 8.53 Å². The van der Waals surface area contributed by atoms with Gasteiger partial charge in [0.15, 0.2) is 0 Å². The van der Waals surface area contributed by atoms with E-state index in [1.807, 2.05) is 0 Å². The monoisotopic (exact) mass is 124 g/mol. The van der Waals surface area contributed by atoms with Gasteiger partial charge in [-0.05, 0) is 0 Å². The fourth-order valence-corrected chi connectivity index (χ4v) is 0.494. The molecule has 0 aliphatic carbocycles. The quantitative estimate of drug-likeness (QED) is 0.354. The predicted molar refractivity (Wildman–Crippen MR) is 28.4 cm³/mol. The molecule has 0 saturated carbocycles. The standard InChI is InChI=1S/C2H9N2O2P/c3-1-2-4-7(5)6/h4-6H,1-3H2. The lowest BCUT2D eigenvalue weighted by Gasteiger charge is -1.99. The summed E-state index contributed by atoms with van der Waals surface area (Å²) < 4.78 is 0. The van der Waals surface area contributed by atoms with E-state index < -0.39 is 8.53 Å². The minimum atomic E-state index is -1.94. The largest absolute Gasteiger partial charge is 0.338 e. The molecule has 0 radical (unpaired) electrons. The van der Waals surface area contributed by atoms with Crippen molar-refractivity contribution in [3.63, 3.8) is 0 Å². The summed E-state index contributed by atoms with van der Waals surface area (Å²) in [7, 11) is -1.94. The first-order chi connectivity index (χ1) is 3.27. The Morgan fingerprint density at radius 3 is 2.29 bits per heavy atom. The topological polar surface area (TPSA) is 78.5 Å². The SMILES string of the molecule is NCCNP(O)O. The Bertz CT molecular complexity index is 42.7. The smallest absolute Gasteiger partial charge is 0.250 e. The summed E-state index contributed by atoms with van der Waals surface area (Å²) >= 11 is 0. The van der Waals surface area contributed by atoms with Crippen LogP contribution in [0.3, 0.4) is 0 Å². The third kappa shape index (κ3) is 6.27. The average molecular weight is 124 g/mol. The first-order valence-electron chi connectivity index (χ1n) is 1.89. The molecule has 4 nitrogen and oxygen atoms in total. The normalized spacial score (nSPS) is 10.3. The van der Waals surface area contributed by atoms with Crippen LogP contribution in [0, 0.1) is 0 Å². The van der Waals surface area contributed by atoms with E-state index in [1.54, 1.807) is 0 Å². The predicted octanol–water partition coefficient (Wildman–Crippen LogP) is -1.25. The van der Waals surface area contributed by atoms with Crippen molar-refractivity contribution < 1.29 is 9.79 Å². The molecule has 7 heavy (non-hydrogen) atoms. The maximum Gasteiger partial charge on any atom is 0.250 e. The Labute approximate surface area is 43.3 Å². The maximum absolute atomic E-state index is 8.14. The van der Waals surface area contributed by atoms with Crippen molar-refractivity contribution in [1.29, 1.82) is 0 Å². The summed E-state index contributed by atoms with van der Waals surface area (Å²) in [6.07, 6.45) is 0. The van der Waals surface area contributed by atoms with Gasteiger partial charge in [0.05, 0.1) is 0 Å². The second-order valence-electron chi connectivity index (χ2n) is 0.986. The van der Waals surface area contributed by atoms with Crippen LogP contribution in [0.4, 0.5) is 0 Å². The molecule has 0 aromatic heterocycles. The molecular formula is C2H9N2O2P. The zero-order chi connectivity index (χ0) is 5.70. The molecule has 0 amide bonds. The average Bonchev–Trinajstić information content (AvgIpc) is 1.61. The van der Waals surface area contributed by atoms with Gasteiger partial charge in [-0.1, -0.05) is 0 Å². The zero-order valence-corrected chi connectivity index (χ0v) is 4.73. The van der Waals surface area contributed by atoms with Crippen LogP contribution in [0.5, 0.6) is 0 Å². The van der Waals surface area contributed by atoms with Gasteiger partial charge < -0.3 is 15.5 Å². The highest BCUT2D eigenvalue weighted by atomic mass is 31.2. The highest BCUT2D eigenvalue weighted by Crippen LogP contribution is 2.13. The molecule has 44 valence electrons. The van der Waals surface area contributed by atoms with Gasteiger partial charge in [-0.2, -0.15) is 0 Å². The molecule has 0 atom stereocenters. The molecule has 0 aromatic rings. The lowest BCUT2D eigenvalue weighted by atomic mass is 10.7. The number of hydrogen-bond donors (Lipinski definition) is 4. The zero-order valence-electron chi connectivity index (χ0n) is 3.83. The van der Waals surface area contributed by atoms with E-state index in [0.29, 0.717) is 13.1 Å². The fraction of sp³-hybridized carbons (Fsp3) is 1.00. The van der Waals surface area contributed by atoms with Gasteiger partial charge >= 0.3 is 0 Å². The Kier molecular flexibility index (Phi) is 4.60. The molecule has 0 aromatic carbocycles. The van der Waals surface area contributed by atoms with Gasteiger partial charge in [0, 0.05) is 13.1 Å². The molecule has 5 heteroatoms. The van der Waals surface area contributed by atoms with Crippen LogP contribution in [0.2, 0.25) is 0 Å². The van der Waals surface area contributed by atoms with Crippen molar-refractivity contribution in [1.82, 2.24) is 5.09 Å². The van der Waals surface area contributed by atoms with Crippen LogP contribution in [-0.2, 0) is 0 Å². The van der Waals surface area contributed by atoms with E-state index in [4.69, 9.17) is 15.5 Å². The van der Waals surface area contributed by atoms with Crippen molar-refractivity contribution >= 4 is 8.53 Å². The first kappa shape index (κ1) is 7.27. The van der Waals surface area contributed by atoms with Gasteiger partial charge in [0.1, 0.15) is 0 Å². The van der Waals surface area contributed by atoms with E-state index >= 15 is 0 Å². The van der Waals surface area contributed by atoms with Crippen molar-refractivity contribution in [3.8, 4) is 0 Å². The third-order valence-electron chi connectivity index (χ3n) is 0.398. The molecule has 0 fully saturated rings. The minimum absolute atomic E-state index is 0.431. The molecule has 0 saturated heterocycles. The highest BCUT2D eigenvalue weighted by molar-refractivity contribution is 7.42. The number of hydrogen-bond acceptors (Lipinski definition) is 4. The van der Waals surface area contributed by atoms with E-state index in [-0.39, 0.29) is 0 Å². The molecule has 0 spiro atoms. The van der Waals surface area contributed by atoms with Gasteiger partial charge in [0.25, 0.3) is 0 Å². The highest BCUT2D eigenvalue weighted by Gasteiger charge is 1.91. The summed E-state index contributed by atoms with van der Waals surface area (Å²) in [6.45, 7) is 0.888. The molecular weight excluding hydrogens is 115 g/mol. The van der Waals surface area contributed by atoms with Crippen LogP contribution in [-0.4, -0.2) is 22.9 Å². The van der Waals surface area contributed by atoms with Gasteiger partial charge in [0.2, 0.25) is 8.53 Å². The van der Waals surface area contributed by atoms with E-state index in [2.05, 4.69) is 5.09 Å². The molecule has 0 rings (SSSR count). The lowest BCUT2D eigenvalue weighted by molar-refractivity contribution is 0.466. The van der Waals surface area contributed by atoms with Crippen LogP contribution in [0.25, 0.3) is 0 Å². The van der Waals surface area contributed by atoms with Gasteiger partial charge in [-0.15, -0.1) is 0 Å². The van der Waals surface area contributed by atoms with E-state index in [9.17, 15) is 0 Å². The number of nitrogens with one attached hydrogen (secondary N) is 1. The van der Waals surface area contributed by atoms with E-state index in [1.165, 1.54) is 0 Å². The summed E-state index contributed by atoms with van der Waals surface area (Å²) in [4.78, 5) is 16.3. The van der Waals surface area contributed by atoms with Crippen molar-refractivity contribution in [2.24, 2.45) is 5.73 Å². The first-order valence-corrected chi connectivity index (χ1v) is 3.13. The maximum atomic E-state index is 8.14. The second-order valence-corrected chi connectivity index (χ2v) is 1.88. The van der Waals surface area contributed by atoms with Crippen LogP contribution in [0.1, 0.15) is 0 Å². The summed E-state index contributed by atoms with van der Waals surface area (Å²) in [5, 5.41) is 2.35. The Morgan fingerprint density at radius 2 is 2.14 bits per heavy atom. The van der Waals surface area contributed by atoms with Gasteiger partial charge in [-0.3, -0.25) is 0 Å². The molecule has 0 aliphatic rings. The summed E-state index contributed by atoms with van der Waals surface area (Å²) in [5.41, 5.74) is 5.00. The van der Waals surface area contributed by atoms with Gasteiger partial charge in [-0.25, -0.2) is 5.09 Å². The Hall–Kier alpha value is 0.270. The number of nitrogens with two attached hydrogens (primary N) is 1. The number of rotatable bonds is 3. The Balaban J connectivity index is 2.68. The lowest BCUT2D eigenvalue weighted by Crippen LogP contribution is -2.17. The third-order valence-corrected chi connectivity index (χ3v) is 0.904. The van der Waals surface area contributed by atoms with Crippen molar-refractivity contribution in [2.45, 2.75) is 0 Å². The van der Waals surface area contributed by atoms with Crippen LogP contribution < -0.4 is 10.8 Å². The minimum Gasteiger partial charge on any atom is -0.338 e. The molecule has 5 N–H and O–H groups in total. The Morgan fingerprint density at radius 1 is 1.57 bits per heavy atom. The molecule has 0 aliphatic heterocycles. The van der Waals surface area contributed by atoms with E-state index in [0.717, 1.165) is 0 Å². The second kappa shape index (κ2) is 4.43. The van der Waals surface area contributed by atoms with Crippen LogP contribution in [0.15, 0.2) is 0 Å². The van der Waals surface area contributed by atoms with Crippen molar-refractivity contribution in [2.75, 3.05) is 13.1 Å². The molecule has 0 bridgehead atoms. The summed E-state index contributed by atoms with van der Waals surface area (Å²) in [6, 6.07) is 0. The fourth-order valence-electron chi connectivity index (χ4n) is 0.165. The summed E-state index contributed by atoms with van der Waals surface area (Å²) in [5.74, 6) is 0. The molecule has 0 unspecified atom stereocenters. The van der Waals surface area contributed by atoms with Crippen molar-refractivity contribution in [3.05, 3.63) is 0 Å². The molecule has 0 heterocycles.